The molecule has 2 aliphatic heterocycles. The molecule has 104 valence electrons. The zero-order chi connectivity index (χ0) is 14.3. The van der Waals surface area contributed by atoms with Crippen LogP contribution >= 0.6 is 0 Å². The molecule has 0 saturated carbocycles. The zero-order valence-electron chi connectivity index (χ0n) is 10.4. The predicted octanol–water partition coefficient (Wildman–Crippen LogP) is 0.145. The number of imide groups is 1. The van der Waals surface area contributed by atoms with Gasteiger partial charge >= 0.3 is 6.09 Å². The Morgan fingerprint density at radius 2 is 1.80 bits per heavy atom. The summed E-state index contributed by atoms with van der Waals surface area (Å²) in [5.74, 6) is -0.807. The van der Waals surface area contributed by atoms with Crippen LogP contribution in [-0.2, 0) is 9.47 Å². The number of amides is 3. The number of nitrogens with two attached hydrogens (primary N) is 1. The van der Waals surface area contributed by atoms with E-state index in [0.717, 1.165) is 4.90 Å². The van der Waals surface area contributed by atoms with Gasteiger partial charge in [0.15, 0.2) is 0 Å². The fraction of sp³-hybridized carbons (Fsp3) is 0.308. The number of fused-ring (bicyclic) bond motifs is 1. The molecule has 0 radical (unpaired) electrons. The van der Waals surface area contributed by atoms with E-state index in [4.69, 9.17) is 15.2 Å². The molecule has 1 aromatic carbocycles. The summed E-state index contributed by atoms with van der Waals surface area (Å²) in [6, 6.07) is 5.92. The van der Waals surface area contributed by atoms with Crippen LogP contribution in [0.15, 0.2) is 24.3 Å². The standard InChI is InChI=1S/C13H12N2O5/c14-13(18)20-10-6-19-5-9(10)15-11(16)7-3-1-2-4-8(7)12(15)17/h1-4,9-10H,5-6H2,(H2,14,18)/t9-,10-/m0/s1. The highest BCUT2D eigenvalue weighted by Crippen LogP contribution is 2.28. The monoisotopic (exact) mass is 276 g/mol. The molecule has 0 bridgehead atoms. The van der Waals surface area contributed by atoms with Gasteiger partial charge in [0.05, 0.1) is 24.3 Å². The van der Waals surface area contributed by atoms with Gasteiger partial charge in [0.1, 0.15) is 12.1 Å². The van der Waals surface area contributed by atoms with Crippen LogP contribution in [0.4, 0.5) is 4.79 Å². The SMILES string of the molecule is NC(=O)O[C@H]1COC[C@@H]1N1C(=O)c2ccccc2C1=O. The third-order valence-electron chi connectivity index (χ3n) is 3.42. The molecule has 0 spiro atoms. The van der Waals surface area contributed by atoms with Crippen molar-refractivity contribution in [3.63, 3.8) is 0 Å². The Balaban J connectivity index is 1.90. The Morgan fingerprint density at radius 1 is 1.20 bits per heavy atom. The summed E-state index contributed by atoms with van der Waals surface area (Å²) >= 11 is 0. The Bertz CT molecular complexity index is 565. The van der Waals surface area contributed by atoms with E-state index < -0.39 is 30.1 Å². The average molecular weight is 276 g/mol. The van der Waals surface area contributed by atoms with E-state index in [1.54, 1.807) is 24.3 Å². The maximum atomic E-state index is 12.3. The first kappa shape index (κ1) is 12.6. The number of carbonyl (C=O) groups is 3. The minimum Gasteiger partial charge on any atom is -0.442 e. The van der Waals surface area contributed by atoms with E-state index in [1.165, 1.54) is 0 Å². The minimum atomic E-state index is -0.956. The molecule has 2 atom stereocenters. The highest BCUT2D eigenvalue weighted by Gasteiger charge is 2.46. The summed E-state index contributed by atoms with van der Waals surface area (Å²) in [7, 11) is 0. The first-order chi connectivity index (χ1) is 9.59. The Morgan fingerprint density at radius 3 is 2.35 bits per heavy atom. The summed E-state index contributed by atoms with van der Waals surface area (Å²) in [5.41, 5.74) is 5.68. The Hall–Kier alpha value is -2.41. The van der Waals surface area contributed by atoms with Crippen molar-refractivity contribution in [3.05, 3.63) is 35.4 Å². The maximum Gasteiger partial charge on any atom is 0.404 e. The third kappa shape index (κ3) is 1.83. The van der Waals surface area contributed by atoms with Crippen molar-refractivity contribution < 1.29 is 23.9 Å². The number of hydrogen-bond acceptors (Lipinski definition) is 5. The van der Waals surface area contributed by atoms with E-state index in [-0.39, 0.29) is 13.2 Å². The quantitative estimate of drug-likeness (QED) is 0.775. The summed E-state index contributed by atoms with van der Waals surface area (Å²) in [5, 5.41) is 0. The average Bonchev–Trinajstić information content (AvgIpc) is 2.94. The molecule has 0 unspecified atom stereocenters. The van der Waals surface area contributed by atoms with Gasteiger partial charge in [0, 0.05) is 0 Å². The van der Waals surface area contributed by atoms with Gasteiger partial charge in [-0.1, -0.05) is 12.1 Å². The molecule has 2 heterocycles. The number of nitrogens with zero attached hydrogens (tertiary/aromatic N) is 1. The number of carbonyl (C=O) groups excluding carboxylic acids is 3. The molecule has 1 fully saturated rings. The van der Waals surface area contributed by atoms with Crippen molar-refractivity contribution in [1.29, 1.82) is 0 Å². The molecule has 1 saturated heterocycles. The summed E-state index contributed by atoms with van der Waals surface area (Å²) in [6.07, 6.45) is -1.68. The molecule has 2 aliphatic rings. The van der Waals surface area contributed by atoms with E-state index in [2.05, 4.69) is 0 Å². The number of rotatable bonds is 2. The largest absolute Gasteiger partial charge is 0.442 e. The molecule has 7 heteroatoms. The molecule has 3 rings (SSSR count). The highest BCUT2D eigenvalue weighted by molar-refractivity contribution is 6.21. The van der Waals surface area contributed by atoms with Crippen molar-refractivity contribution in [1.82, 2.24) is 4.90 Å². The smallest absolute Gasteiger partial charge is 0.404 e. The lowest BCUT2D eigenvalue weighted by Crippen LogP contribution is -2.48. The predicted molar refractivity (Wildman–Crippen MR) is 66.0 cm³/mol. The molecule has 2 N–H and O–H groups in total. The van der Waals surface area contributed by atoms with E-state index in [1.807, 2.05) is 0 Å². The molecular formula is C13H12N2O5. The van der Waals surface area contributed by atoms with Gasteiger partial charge in [0.25, 0.3) is 11.8 Å². The van der Waals surface area contributed by atoms with Crippen molar-refractivity contribution in [2.75, 3.05) is 13.2 Å². The van der Waals surface area contributed by atoms with Crippen molar-refractivity contribution >= 4 is 17.9 Å². The van der Waals surface area contributed by atoms with Gasteiger partial charge in [0.2, 0.25) is 0 Å². The van der Waals surface area contributed by atoms with Crippen molar-refractivity contribution in [2.45, 2.75) is 12.1 Å². The van der Waals surface area contributed by atoms with Crippen molar-refractivity contribution in [3.8, 4) is 0 Å². The number of benzene rings is 1. The fourth-order valence-corrected chi connectivity index (χ4v) is 2.53. The number of ether oxygens (including phenoxy) is 2. The number of hydrogen-bond donors (Lipinski definition) is 1. The van der Waals surface area contributed by atoms with Gasteiger partial charge < -0.3 is 15.2 Å². The van der Waals surface area contributed by atoms with E-state index in [9.17, 15) is 14.4 Å². The first-order valence-electron chi connectivity index (χ1n) is 6.10. The first-order valence-corrected chi connectivity index (χ1v) is 6.10. The lowest BCUT2D eigenvalue weighted by Gasteiger charge is -2.25. The molecule has 0 aromatic heterocycles. The Kier molecular flexibility index (Phi) is 2.90. The van der Waals surface area contributed by atoms with Gasteiger partial charge in [-0.3, -0.25) is 14.5 Å². The molecule has 0 aliphatic carbocycles. The van der Waals surface area contributed by atoms with Crippen LogP contribution in [0, 0.1) is 0 Å². The van der Waals surface area contributed by atoms with Gasteiger partial charge in [-0.25, -0.2) is 4.79 Å². The van der Waals surface area contributed by atoms with Crippen LogP contribution in [0.1, 0.15) is 20.7 Å². The van der Waals surface area contributed by atoms with Crippen LogP contribution < -0.4 is 5.73 Å². The lowest BCUT2D eigenvalue weighted by atomic mass is 10.1. The van der Waals surface area contributed by atoms with Crippen LogP contribution in [0.25, 0.3) is 0 Å². The Labute approximate surface area is 114 Å². The van der Waals surface area contributed by atoms with Crippen molar-refractivity contribution in [2.24, 2.45) is 5.73 Å². The molecule has 7 nitrogen and oxygen atoms in total. The summed E-state index contributed by atoms with van der Waals surface area (Å²) < 4.78 is 10.1. The van der Waals surface area contributed by atoms with Crippen LogP contribution in [0.3, 0.4) is 0 Å². The van der Waals surface area contributed by atoms with E-state index >= 15 is 0 Å². The highest BCUT2D eigenvalue weighted by atomic mass is 16.6. The zero-order valence-corrected chi connectivity index (χ0v) is 10.4. The summed E-state index contributed by atoms with van der Waals surface area (Å²) in [6.45, 7) is 0.241. The third-order valence-corrected chi connectivity index (χ3v) is 3.42. The molecule has 3 amide bonds. The molecule has 1 aromatic rings. The minimum absolute atomic E-state index is 0.112. The fourth-order valence-electron chi connectivity index (χ4n) is 2.53. The van der Waals surface area contributed by atoms with Crippen LogP contribution in [0.2, 0.25) is 0 Å². The molecular weight excluding hydrogens is 264 g/mol. The second kappa shape index (κ2) is 4.61. The van der Waals surface area contributed by atoms with Gasteiger partial charge in [-0.15, -0.1) is 0 Å². The van der Waals surface area contributed by atoms with Crippen LogP contribution in [-0.4, -0.2) is 48.2 Å². The van der Waals surface area contributed by atoms with E-state index in [0.29, 0.717) is 11.1 Å². The second-order valence-electron chi connectivity index (χ2n) is 4.61. The van der Waals surface area contributed by atoms with Gasteiger partial charge in [-0.05, 0) is 12.1 Å². The number of primary amides is 1. The topological polar surface area (TPSA) is 98.9 Å². The second-order valence-corrected chi connectivity index (χ2v) is 4.61. The van der Waals surface area contributed by atoms with Crippen LogP contribution in [0.5, 0.6) is 0 Å². The van der Waals surface area contributed by atoms with Gasteiger partial charge in [-0.2, -0.15) is 0 Å². The normalized spacial score (nSPS) is 24.9. The lowest BCUT2D eigenvalue weighted by molar-refractivity contribution is 0.0391. The molecule has 20 heavy (non-hydrogen) atoms. The maximum absolute atomic E-state index is 12.3. The summed E-state index contributed by atoms with van der Waals surface area (Å²) in [4.78, 5) is 36.5.